The molecular weight excluding hydrogens is 260 g/mol. The number of nitrogens with zero attached hydrogens (tertiary/aromatic N) is 2. The molecule has 1 fully saturated rings. The first kappa shape index (κ1) is 14.7. The highest BCUT2D eigenvalue weighted by Gasteiger charge is 2.22. The number of thioether (sulfide) groups is 1. The van der Waals surface area contributed by atoms with E-state index in [0.29, 0.717) is 30.5 Å². The summed E-state index contributed by atoms with van der Waals surface area (Å²) in [6.45, 7) is 4.82. The maximum atomic E-state index is 5.60. The average Bonchev–Trinajstić information content (AvgIpc) is 2.84. The highest BCUT2D eigenvalue weighted by molar-refractivity contribution is 7.99. The van der Waals surface area contributed by atoms with E-state index in [-0.39, 0.29) is 0 Å². The van der Waals surface area contributed by atoms with Crippen molar-refractivity contribution in [1.82, 2.24) is 15.5 Å². The summed E-state index contributed by atoms with van der Waals surface area (Å²) in [7, 11) is 0. The Morgan fingerprint density at radius 2 is 2.21 bits per heavy atom. The molecule has 2 rings (SSSR count). The van der Waals surface area contributed by atoms with Crippen molar-refractivity contribution in [3.63, 3.8) is 0 Å². The van der Waals surface area contributed by atoms with Crippen molar-refractivity contribution in [2.45, 2.75) is 63.4 Å². The molecule has 1 saturated carbocycles. The first-order chi connectivity index (χ1) is 9.17. The van der Waals surface area contributed by atoms with Crippen LogP contribution < -0.4 is 10.6 Å². The maximum Gasteiger partial charge on any atom is 0.315 e. The largest absolute Gasteiger partial charge is 0.407 e. The molecule has 108 valence electrons. The summed E-state index contributed by atoms with van der Waals surface area (Å²) in [5.41, 5.74) is 0. The van der Waals surface area contributed by atoms with Crippen molar-refractivity contribution < 1.29 is 4.42 Å². The van der Waals surface area contributed by atoms with Crippen LogP contribution in [0.4, 0.5) is 6.01 Å². The minimum atomic E-state index is 0.420. The predicted molar refractivity (Wildman–Crippen MR) is 79.5 cm³/mol. The molecule has 2 unspecified atom stereocenters. The van der Waals surface area contributed by atoms with Crippen LogP contribution in [0.2, 0.25) is 0 Å². The van der Waals surface area contributed by atoms with Crippen LogP contribution >= 0.6 is 11.8 Å². The van der Waals surface area contributed by atoms with Gasteiger partial charge in [0.25, 0.3) is 0 Å². The standard InChI is InChI=1S/C13H24N4OS/c1-9(2)14-8-12-16-17-13(18-12)15-10-5-4-6-11(7-10)19-3/h9-11,14H,4-8H2,1-3H3,(H,15,17). The molecule has 1 aliphatic rings. The topological polar surface area (TPSA) is 63.0 Å². The molecule has 2 atom stereocenters. The van der Waals surface area contributed by atoms with Crippen molar-refractivity contribution in [3.05, 3.63) is 5.89 Å². The first-order valence-corrected chi connectivity index (χ1v) is 8.31. The Balaban J connectivity index is 1.82. The summed E-state index contributed by atoms with van der Waals surface area (Å²) in [6.07, 6.45) is 7.17. The smallest absolute Gasteiger partial charge is 0.315 e. The molecule has 1 aromatic heterocycles. The van der Waals surface area contributed by atoms with Crippen LogP contribution in [0.25, 0.3) is 0 Å². The van der Waals surface area contributed by atoms with E-state index in [0.717, 1.165) is 5.25 Å². The fourth-order valence-electron chi connectivity index (χ4n) is 2.34. The maximum absolute atomic E-state index is 5.60. The van der Waals surface area contributed by atoms with Gasteiger partial charge in [0.15, 0.2) is 0 Å². The Morgan fingerprint density at radius 1 is 1.37 bits per heavy atom. The zero-order valence-electron chi connectivity index (χ0n) is 12.0. The van der Waals surface area contributed by atoms with Gasteiger partial charge in [-0.1, -0.05) is 25.4 Å². The van der Waals surface area contributed by atoms with Crippen LogP contribution in [0.1, 0.15) is 45.4 Å². The van der Waals surface area contributed by atoms with Gasteiger partial charge in [-0.15, -0.1) is 5.10 Å². The van der Waals surface area contributed by atoms with E-state index in [9.17, 15) is 0 Å². The lowest BCUT2D eigenvalue weighted by Gasteiger charge is -2.27. The third-order valence-electron chi connectivity index (χ3n) is 3.42. The average molecular weight is 284 g/mol. The minimum Gasteiger partial charge on any atom is -0.407 e. The number of rotatable bonds is 6. The third kappa shape index (κ3) is 4.69. The van der Waals surface area contributed by atoms with Crippen LogP contribution in [0.5, 0.6) is 0 Å². The van der Waals surface area contributed by atoms with Crippen LogP contribution in [-0.4, -0.2) is 33.8 Å². The molecule has 0 spiro atoms. The number of nitrogens with one attached hydrogen (secondary N) is 2. The molecule has 0 aliphatic heterocycles. The van der Waals surface area contributed by atoms with E-state index in [2.05, 4.69) is 40.9 Å². The van der Waals surface area contributed by atoms with Crippen molar-refractivity contribution in [1.29, 1.82) is 0 Å². The Kier molecular flexibility index (Phi) is 5.51. The van der Waals surface area contributed by atoms with Crippen LogP contribution in [0.15, 0.2) is 4.42 Å². The molecular formula is C13H24N4OS. The molecule has 1 aromatic rings. The number of anilines is 1. The van der Waals surface area contributed by atoms with Crippen molar-refractivity contribution in [2.75, 3.05) is 11.6 Å². The van der Waals surface area contributed by atoms with E-state index >= 15 is 0 Å². The molecule has 0 amide bonds. The van der Waals surface area contributed by atoms with Gasteiger partial charge in [-0.2, -0.15) is 11.8 Å². The van der Waals surface area contributed by atoms with Crippen LogP contribution in [0.3, 0.4) is 0 Å². The van der Waals surface area contributed by atoms with Gasteiger partial charge in [0.05, 0.1) is 6.54 Å². The highest BCUT2D eigenvalue weighted by atomic mass is 32.2. The molecule has 5 nitrogen and oxygen atoms in total. The summed E-state index contributed by atoms with van der Waals surface area (Å²) in [6, 6.07) is 1.45. The molecule has 19 heavy (non-hydrogen) atoms. The van der Waals surface area contributed by atoms with E-state index in [4.69, 9.17) is 4.42 Å². The number of hydrogen-bond acceptors (Lipinski definition) is 6. The lowest BCUT2D eigenvalue weighted by atomic mass is 9.95. The van der Waals surface area contributed by atoms with E-state index < -0.39 is 0 Å². The fraction of sp³-hybridized carbons (Fsp3) is 0.846. The van der Waals surface area contributed by atoms with Gasteiger partial charge in [0, 0.05) is 17.3 Å². The third-order valence-corrected chi connectivity index (χ3v) is 4.51. The lowest BCUT2D eigenvalue weighted by Crippen LogP contribution is -2.28. The quantitative estimate of drug-likeness (QED) is 0.837. The Hall–Kier alpha value is -0.750. The molecule has 1 heterocycles. The van der Waals surface area contributed by atoms with E-state index in [1.54, 1.807) is 0 Å². The molecule has 0 radical (unpaired) electrons. The second-order valence-corrected chi connectivity index (χ2v) is 6.54. The summed E-state index contributed by atoms with van der Waals surface area (Å²) in [4.78, 5) is 0. The minimum absolute atomic E-state index is 0.420. The monoisotopic (exact) mass is 284 g/mol. The zero-order chi connectivity index (χ0) is 13.7. The zero-order valence-corrected chi connectivity index (χ0v) is 12.8. The summed E-state index contributed by atoms with van der Waals surface area (Å²) in [5, 5.41) is 15.5. The lowest BCUT2D eigenvalue weighted by molar-refractivity contribution is 0.435. The van der Waals surface area contributed by atoms with Gasteiger partial charge in [0.2, 0.25) is 5.89 Å². The van der Waals surface area contributed by atoms with Gasteiger partial charge in [-0.3, -0.25) is 0 Å². The van der Waals surface area contributed by atoms with Crippen molar-refractivity contribution in [2.24, 2.45) is 0 Å². The predicted octanol–water partition coefficient (Wildman–Crippen LogP) is 2.65. The Morgan fingerprint density at radius 3 is 2.95 bits per heavy atom. The second kappa shape index (κ2) is 7.14. The van der Waals surface area contributed by atoms with Crippen LogP contribution in [0, 0.1) is 0 Å². The molecule has 0 saturated heterocycles. The van der Waals surface area contributed by atoms with E-state index in [1.165, 1.54) is 25.7 Å². The number of hydrogen-bond donors (Lipinski definition) is 2. The molecule has 1 aliphatic carbocycles. The second-order valence-electron chi connectivity index (χ2n) is 5.40. The number of aromatic nitrogens is 2. The molecule has 6 heteroatoms. The summed E-state index contributed by atoms with van der Waals surface area (Å²) < 4.78 is 5.60. The molecule has 2 N–H and O–H groups in total. The first-order valence-electron chi connectivity index (χ1n) is 7.02. The van der Waals surface area contributed by atoms with Gasteiger partial charge < -0.3 is 15.1 Å². The van der Waals surface area contributed by atoms with Gasteiger partial charge in [-0.05, 0) is 25.5 Å². The van der Waals surface area contributed by atoms with Gasteiger partial charge >= 0.3 is 6.01 Å². The highest BCUT2D eigenvalue weighted by Crippen LogP contribution is 2.28. The SMILES string of the molecule is CSC1CCCC(Nc2nnc(CNC(C)C)o2)C1. The summed E-state index contributed by atoms with van der Waals surface area (Å²) >= 11 is 1.96. The van der Waals surface area contributed by atoms with Gasteiger partial charge in [0.1, 0.15) is 0 Å². The normalized spacial score (nSPS) is 23.8. The van der Waals surface area contributed by atoms with Crippen molar-refractivity contribution in [3.8, 4) is 0 Å². The van der Waals surface area contributed by atoms with Crippen molar-refractivity contribution >= 4 is 17.8 Å². The Labute approximate surface area is 119 Å². The Bertz CT molecular complexity index is 382. The fourth-order valence-corrected chi connectivity index (χ4v) is 3.17. The summed E-state index contributed by atoms with van der Waals surface area (Å²) in [5.74, 6) is 0.647. The molecule has 0 aromatic carbocycles. The molecule has 0 bridgehead atoms. The van der Waals surface area contributed by atoms with E-state index in [1.807, 2.05) is 11.8 Å². The van der Waals surface area contributed by atoms with Crippen LogP contribution in [-0.2, 0) is 6.54 Å². The van der Waals surface area contributed by atoms with Gasteiger partial charge in [-0.25, -0.2) is 0 Å².